The predicted octanol–water partition coefficient (Wildman–Crippen LogP) is 3.19. The molecule has 0 radical (unpaired) electrons. The highest BCUT2D eigenvalue weighted by Gasteiger charge is 2.26. The number of nitriles is 1. The van der Waals surface area contributed by atoms with Crippen molar-refractivity contribution in [1.82, 2.24) is 4.57 Å². The van der Waals surface area contributed by atoms with Gasteiger partial charge in [-0.25, -0.2) is 9.18 Å². The Kier molecular flexibility index (Phi) is 5.04. The SMILES string of the molecule is Cc1oc(-n2cccc2)c(C#N)c1C(=O)OCC(=O)Nc1ccccc1F. The number of esters is 1. The average molecular weight is 367 g/mol. The number of anilines is 1. The number of amides is 1. The van der Waals surface area contributed by atoms with E-state index in [4.69, 9.17) is 9.15 Å². The number of hydrogen-bond acceptors (Lipinski definition) is 5. The van der Waals surface area contributed by atoms with Gasteiger partial charge in [0.1, 0.15) is 28.8 Å². The number of carbonyl (C=O) groups is 2. The van der Waals surface area contributed by atoms with E-state index >= 15 is 0 Å². The summed E-state index contributed by atoms with van der Waals surface area (Å²) in [5.41, 5.74) is -0.0752. The molecule has 136 valence electrons. The number of aryl methyl sites for hydroxylation is 1. The maximum atomic E-state index is 13.5. The fraction of sp³-hybridized carbons (Fsp3) is 0.105. The quantitative estimate of drug-likeness (QED) is 0.699. The Balaban J connectivity index is 1.72. The van der Waals surface area contributed by atoms with Crippen LogP contribution in [0.25, 0.3) is 5.88 Å². The lowest BCUT2D eigenvalue weighted by molar-refractivity contribution is -0.119. The Hall–Kier alpha value is -3.86. The molecule has 27 heavy (non-hydrogen) atoms. The van der Waals surface area contributed by atoms with Crippen molar-refractivity contribution in [2.45, 2.75) is 6.92 Å². The molecule has 3 rings (SSSR count). The van der Waals surface area contributed by atoms with Gasteiger partial charge in [-0.3, -0.25) is 9.36 Å². The molecule has 7 nitrogen and oxygen atoms in total. The van der Waals surface area contributed by atoms with E-state index in [2.05, 4.69) is 5.32 Å². The molecule has 1 aromatic carbocycles. The second-order valence-corrected chi connectivity index (χ2v) is 5.52. The van der Waals surface area contributed by atoms with Crippen LogP contribution in [0.1, 0.15) is 21.7 Å². The molecule has 0 aliphatic heterocycles. The summed E-state index contributed by atoms with van der Waals surface area (Å²) in [4.78, 5) is 24.2. The molecule has 0 saturated heterocycles. The number of benzene rings is 1. The minimum atomic E-state index is -0.880. The average Bonchev–Trinajstić information content (AvgIpc) is 3.29. The van der Waals surface area contributed by atoms with Gasteiger partial charge < -0.3 is 14.5 Å². The van der Waals surface area contributed by atoms with Crippen molar-refractivity contribution in [3.05, 3.63) is 71.5 Å². The van der Waals surface area contributed by atoms with E-state index in [9.17, 15) is 19.2 Å². The number of rotatable bonds is 5. The zero-order valence-corrected chi connectivity index (χ0v) is 14.2. The fourth-order valence-corrected chi connectivity index (χ4v) is 2.48. The van der Waals surface area contributed by atoms with Crippen LogP contribution >= 0.6 is 0 Å². The highest BCUT2D eigenvalue weighted by atomic mass is 19.1. The van der Waals surface area contributed by atoms with Crippen LogP contribution in [0.15, 0.2) is 53.2 Å². The maximum Gasteiger partial charge on any atom is 0.343 e. The summed E-state index contributed by atoms with van der Waals surface area (Å²) in [6.45, 7) is 0.880. The molecular formula is C19H14FN3O4. The lowest BCUT2D eigenvalue weighted by atomic mass is 10.1. The van der Waals surface area contributed by atoms with E-state index in [1.807, 2.05) is 6.07 Å². The Morgan fingerprint density at radius 3 is 2.63 bits per heavy atom. The number of aromatic nitrogens is 1. The van der Waals surface area contributed by atoms with Gasteiger partial charge in [-0.2, -0.15) is 5.26 Å². The molecule has 0 atom stereocenters. The summed E-state index contributed by atoms with van der Waals surface area (Å²) < 4.78 is 25.6. The zero-order chi connectivity index (χ0) is 19.4. The van der Waals surface area contributed by atoms with Crippen molar-refractivity contribution in [3.63, 3.8) is 0 Å². The number of hydrogen-bond donors (Lipinski definition) is 1. The Labute approximate surface area is 153 Å². The minimum absolute atomic E-state index is 0.00297. The Bertz CT molecular complexity index is 1030. The zero-order valence-electron chi connectivity index (χ0n) is 14.2. The van der Waals surface area contributed by atoms with Gasteiger partial charge in [-0.15, -0.1) is 0 Å². The second-order valence-electron chi connectivity index (χ2n) is 5.52. The summed E-state index contributed by atoms with van der Waals surface area (Å²) in [6, 6.07) is 11.0. The Morgan fingerprint density at radius 1 is 1.26 bits per heavy atom. The van der Waals surface area contributed by atoms with Crippen molar-refractivity contribution in [2.24, 2.45) is 0 Å². The third-order valence-electron chi connectivity index (χ3n) is 3.70. The predicted molar refractivity (Wildman–Crippen MR) is 92.8 cm³/mol. The van der Waals surface area contributed by atoms with Gasteiger partial charge in [0, 0.05) is 12.4 Å². The van der Waals surface area contributed by atoms with Crippen LogP contribution < -0.4 is 5.32 Å². The van der Waals surface area contributed by atoms with Gasteiger partial charge in [0.15, 0.2) is 6.61 Å². The smallest absolute Gasteiger partial charge is 0.343 e. The molecule has 1 N–H and O–H groups in total. The fourth-order valence-electron chi connectivity index (χ4n) is 2.48. The summed E-state index contributed by atoms with van der Waals surface area (Å²) in [6.07, 6.45) is 3.33. The first-order valence-corrected chi connectivity index (χ1v) is 7.89. The van der Waals surface area contributed by atoms with Crippen LogP contribution in [0.2, 0.25) is 0 Å². The van der Waals surface area contributed by atoms with Gasteiger partial charge in [-0.1, -0.05) is 12.1 Å². The number of ether oxygens (including phenoxy) is 1. The molecule has 0 aliphatic carbocycles. The van der Waals surface area contributed by atoms with E-state index in [1.54, 1.807) is 35.2 Å². The molecular weight excluding hydrogens is 353 g/mol. The number of nitrogens with one attached hydrogen (secondary N) is 1. The molecule has 8 heteroatoms. The van der Waals surface area contributed by atoms with Gasteiger partial charge in [-0.05, 0) is 31.2 Å². The third kappa shape index (κ3) is 3.72. The number of furan rings is 1. The molecule has 1 amide bonds. The van der Waals surface area contributed by atoms with Gasteiger partial charge in [0.25, 0.3) is 5.91 Å². The van der Waals surface area contributed by atoms with Crippen LogP contribution in [-0.4, -0.2) is 23.1 Å². The van der Waals surface area contributed by atoms with Crippen LogP contribution in [0.5, 0.6) is 0 Å². The van der Waals surface area contributed by atoms with Gasteiger partial charge in [0.2, 0.25) is 5.88 Å². The molecule has 3 aromatic rings. The lowest BCUT2D eigenvalue weighted by Crippen LogP contribution is -2.21. The summed E-state index contributed by atoms with van der Waals surface area (Å²) in [5, 5.41) is 11.7. The number of carbonyl (C=O) groups excluding carboxylic acids is 2. The first-order valence-electron chi connectivity index (χ1n) is 7.89. The standard InChI is InChI=1S/C19H14FN3O4/c1-12-17(13(10-21)18(27-12)23-8-4-5-9-23)19(25)26-11-16(24)22-15-7-3-2-6-14(15)20/h2-9H,11H2,1H3,(H,22,24). The molecule has 2 heterocycles. The number of halogens is 1. The van der Waals surface area contributed by atoms with Crippen LogP contribution in [-0.2, 0) is 9.53 Å². The van der Waals surface area contributed by atoms with E-state index < -0.39 is 24.3 Å². The minimum Gasteiger partial charge on any atom is -0.452 e. The highest BCUT2D eigenvalue weighted by molar-refractivity contribution is 5.97. The monoisotopic (exact) mass is 367 g/mol. The van der Waals surface area contributed by atoms with E-state index in [0.717, 1.165) is 0 Å². The van der Waals surface area contributed by atoms with Crippen LogP contribution in [0, 0.1) is 24.1 Å². The van der Waals surface area contributed by atoms with Crippen molar-refractivity contribution in [1.29, 1.82) is 5.26 Å². The summed E-state index contributed by atoms with van der Waals surface area (Å²) >= 11 is 0. The third-order valence-corrected chi connectivity index (χ3v) is 3.70. The van der Waals surface area contributed by atoms with Gasteiger partial charge in [0.05, 0.1) is 5.69 Å². The molecule has 2 aromatic heterocycles. The first-order chi connectivity index (χ1) is 13.0. The lowest BCUT2D eigenvalue weighted by Gasteiger charge is -2.07. The van der Waals surface area contributed by atoms with Crippen molar-refractivity contribution in [3.8, 4) is 12.0 Å². The largest absolute Gasteiger partial charge is 0.452 e. The van der Waals surface area contributed by atoms with E-state index in [0.29, 0.717) is 0 Å². The van der Waals surface area contributed by atoms with E-state index in [-0.39, 0.29) is 28.5 Å². The highest BCUT2D eigenvalue weighted by Crippen LogP contribution is 2.26. The van der Waals surface area contributed by atoms with Crippen LogP contribution in [0.3, 0.4) is 0 Å². The molecule has 0 unspecified atom stereocenters. The summed E-state index contributed by atoms with van der Waals surface area (Å²) in [7, 11) is 0. The van der Waals surface area contributed by atoms with Crippen LogP contribution in [0.4, 0.5) is 10.1 Å². The topological polar surface area (TPSA) is 97.3 Å². The van der Waals surface area contributed by atoms with E-state index in [1.165, 1.54) is 25.1 Å². The number of nitrogens with zero attached hydrogens (tertiary/aromatic N) is 2. The second kappa shape index (κ2) is 7.58. The first kappa shape index (κ1) is 17.9. The van der Waals surface area contributed by atoms with Crippen molar-refractivity contribution >= 4 is 17.6 Å². The Morgan fingerprint density at radius 2 is 1.96 bits per heavy atom. The van der Waals surface area contributed by atoms with Crippen molar-refractivity contribution in [2.75, 3.05) is 11.9 Å². The molecule has 0 bridgehead atoms. The maximum absolute atomic E-state index is 13.5. The molecule has 0 fully saturated rings. The molecule has 0 spiro atoms. The normalized spacial score (nSPS) is 10.3. The summed E-state index contributed by atoms with van der Waals surface area (Å²) in [5.74, 6) is -1.82. The van der Waals surface area contributed by atoms with Crippen molar-refractivity contribution < 1.29 is 23.1 Å². The molecule has 0 saturated carbocycles. The number of para-hydroxylation sites is 1. The molecule has 0 aliphatic rings. The van der Waals surface area contributed by atoms with Gasteiger partial charge >= 0.3 is 5.97 Å².